The summed E-state index contributed by atoms with van der Waals surface area (Å²) in [7, 11) is 0. The fourth-order valence-electron chi connectivity index (χ4n) is 1.95. The summed E-state index contributed by atoms with van der Waals surface area (Å²) in [5, 5.41) is 9.98. The van der Waals surface area contributed by atoms with E-state index in [0.29, 0.717) is 5.75 Å². The third kappa shape index (κ3) is 2.66. The molecule has 2 atom stereocenters. The molecule has 1 aromatic carbocycles. The molecule has 0 spiro atoms. The molecule has 0 unspecified atom stereocenters. The van der Waals surface area contributed by atoms with Gasteiger partial charge in [-0.25, -0.2) is 4.39 Å². The van der Waals surface area contributed by atoms with E-state index in [1.165, 1.54) is 18.2 Å². The normalized spacial score (nSPS) is 25.4. The van der Waals surface area contributed by atoms with E-state index in [1.807, 2.05) is 0 Å². The summed E-state index contributed by atoms with van der Waals surface area (Å²) in [6, 6.07) is 4.02. The van der Waals surface area contributed by atoms with Gasteiger partial charge in [-0.2, -0.15) is 0 Å². The molecule has 2 nitrogen and oxygen atoms in total. The van der Waals surface area contributed by atoms with Crippen molar-refractivity contribution < 1.29 is 14.2 Å². The number of hydrogen-bond donors (Lipinski definition) is 1. The van der Waals surface area contributed by atoms with E-state index in [0.717, 1.165) is 25.7 Å². The molecule has 0 radical (unpaired) electrons. The van der Waals surface area contributed by atoms with Crippen LogP contribution in [0.2, 0.25) is 5.02 Å². The Balaban J connectivity index is 2.07. The smallest absolute Gasteiger partial charge is 0.138 e. The van der Waals surface area contributed by atoms with Gasteiger partial charge in [-0.3, -0.25) is 0 Å². The van der Waals surface area contributed by atoms with Crippen LogP contribution in [0.4, 0.5) is 4.39 Å². The van der Waals surface area contributed by atoms with Crippen molar-refractivity contribution in [1.82, 2.24) is 0 Å². The first kappa shape index (κ1) is 11.7. The van der Waals surface area contributed by atoms with Gasteiger partial charge in [-0.15, -0.1) is 0 Å². The Bertz CT molecular complexity index is 370. The summed E-state index contributed by atoms with van der Waals surface area (Å²) in [4.78, 5) is 0. The van der Waals surface area contributed by atoms with Crippen molar-refractivity contribution in [3.63, 3.8) is 0 Å². The highest BCUT2D eigenvalue weighted by Gasteiger charge is 2.25. The summed E-state index contributed by atoms with van der Waals surface area (Å²) in [6.45, 7) is 0. The number of aliphatic hydroxyl groups excluding tert-OH is 1. The SMILES string of the molecule is O[C@H]1CCCC[C@@H]1Oc1ccc(F)cc1Cl. The van der Waals surface area contributed by atoms with Gasteiger partial charge >= 0.3 is 0 Å². The molecule has 16 heavy (non-hydrogen) atoms. The van der Waals surface area contributed by atoms with Crippen molar-refractivity contribution in [1.29, 1.82) is 0 Å². The van der Waals surface area contributed by atoms with Gasteiger partial charge in [0.25, 0.3) is 0 Å². The summed E-state index contributed by atoms with van der Waals surface area (Å²) in [6.07, 6.45) is 2.96. The Morgan fingerprint density at radius 3 is 2.75 bits per heavy atom. The van der Waals surface area contributed by atoms with Crippen molar-refractivity contribution >= 4 is 11.6 Å². The van der Waals surface area contributed by atoms with Crippen LogP contribution in [0.25, 0.3) is 0 Å². The maximum atomic E-state index is 12.8. The van der Waals surface area contributed by atoms with Crippen LogP contribution < -0.4 is 4.74 Å². The zero-order chi connectivity index (χ0) is 11.5. The zero-order valence-electron chi connectivity index (χ0n) is 8.83. The lowest BCUT2D eigenvalue weighted by Gasteiger charge is -2.28. The van der Waals surface area contributed by atoms with Crippen molar-refractivity contribution in [2.75, 3.05) is 0 Å². The molecular formula is C12H14ClFO2. The van der Waals surface area contributed by atoms with Gasteiger partial charge in [0, 0.05) is 0 Å². The van der Waals surface area contributed by atoms with E-state index >= 15 is 0 Å². The Labute approximate surface area is 99.0 Å². The summed E-state index contributed by atoms with van der Waals surface area (Å²) in [5.74, 6) is 0.0514. The third-order valence-corrected chi connectivity index (χ3v) is 3.14. The molecule has 1 fully saturated rings. The van der Waals surface area contributed by atoms with E-state index in [2.05, 4.69) is 0 Å². The molecule has 0 aromatic heterocycles. The molecule has 0 aliphatic heterocycles. The molecule has 2 rings (SSSR count). The Morgan fingerprint density at radius 2 is 2.06 bits per heavy atom. The first-order chi connectivity index (χ1) is 7.66. The van der Waals surface area contributed by atoms with E-state index in [9.17, 15) is 9.50 Å². The second-order valence-corrected chi connectivity index (χ2v) is 4.49. The largest absolute Gasteiger partial charge is 0.486 e. The summed E-state index contributed by atoms with van der Waals surface area (Å²) < 4.78 is 18.4. The van der Waals surface area contributed by atoms with Crippen LogP contribution in [0.1, 0.15) is 25.7 Å². The maximum absolute atomic E-state index is 12.8. The quantitative estimate of drug-likeness (QED) is 0.866. The van der Waals surface area contributed by atoms with Crippen molar-refractivity contribution in [3.05, 3.63) is 29.0 Å². The first-order valence-electron chi connectivity index (χ1n) is 5.46. The summed E-state index contributed by atoms with van der Waals surface area (Å²) in [5.41, 5.74) is 0. The topological polar surface area (TPSA) is 29.5 Å². The van der Waals surface area contributed by atoms with Gasteiger partial charge in [0.1, 0.15) is 17.7 Å². The van der Waals surface area contributed by atoms with Crippen LogP contribution >= 0.6 is 11.6 Å². The number of halogens is 2. The van der Waals surface area contributed by atoms with Gasteiger partial charge in [0.2, 0.25) is 0 Å². The van der Waals surface area contributed by atoms with E-state index < -0.39 is 6.10 Å². The van der Waals surface area contributed by atoms with Crippen LogP contribution in [-0.4, -0.2) is 17.3 Å². The van der Waals surface area contributed by atoms with Crippen molar-refractivity contribution in [2.45, 2.75) is 37.9 Å². The molecule has 0 bridgehead atoms. The standard InChI is InChI=1S/C12H14ClFO2/c13-9-7-8(14)5-6-11(9)16-12-4-2-1-3-10(12)15/h5-7,10,12,15H,1-4H2/t10-,12-/m0/s1. The average molecular weight is 245 g/mol. The number of ether oxygens (including phenoxy) is 1. The van der Waals surface area contributed by atoms with Crippen molar-refractivity contribution in [2.24, 2.45) is 0 Å². The van der Waals surface area contributed by atoms with E-state index in [-0.39, 0.29) is 16.9 Å². The van der Waals surface area contributed by atoms with Crippen molar-refractivity contribution in [3.8, 4) is 5.75 Å². The number of benzene rings is 1. The molecular weight excluding hydrogens is 231 g/mol. The highest BCUT2D eigenvalue weighted by molar-refractivity contribution is 6.32. The van der Waals surface area contributed by atoms with Crippen LogP contribution in [0.5, 0.6) is 5.75 Å². The molecule has 1 aromatic rings. The molecule has 1 saturated carbocycles. The first-order valence-corrected chi connectivity index (χ1v) is 5.84. The molecule has 1 N–H and O–H groups in total. The third-order valence-electron chi connectivity index (χ3n) is 2.84. The fraction of sp³-hybridized carbons (Fsp3) is 0.500. The van der Waals surface area contributed by atoms with Crippen LogP contribution in [0.15, 0.2) is 18.2 Å². The van der Waals surface area contributed by atoms with Gasteiger partial charge in [-0.1, -0.05) is 18.0 Å². The zero-order valence-corrected chi connectivity index (χ0v) is 9.58. The highest BCUT2D eigenvalue weighted by atomic mass is 35.5. The fourth-order valence-corrected chi connectivity index (χ4v) is 2.16. The highest BCUT2D eigenvalue weighted by Crippen LogP contribution is 2.29. The van der Waals surface area contributed by atoms with Gasteiger partial charge in [0.15, 0.2) is 0 Å². The lowest BCUT2D eigenvalue weighted by atomic mass is 9.95. The monoisotopic (exact) mass is 244 g/mol. The van der Waals surface area contributed by atoms with Gasteiger partial charge in [-0.05, 0) is 37.5 Å². The molecule has 88 valence electrons. The molecule has 0 amide bonds. The molecule has 0 saturated heterocycles. The Morgan fingerprint density at radius 1 is 1.31 bits per heavy atom. The minimum absolute atomic E-state index is 0.225. The van der Waals surface area contributed by atoms with Crippen LogP contribution in [0.3, 0.4) is 0 Å². The van der Waals surface area contributed by atoms with Crippen LogP contribution in [-0.2, 0) is 0 Å². The Kier molecular flexibility index (Phi) is 3.66. The predicted molar refractivity (Wildman–Crippen MR) is 60.3 cm³/mol. The van der Waals surface area contributed by atoms with Gasteiger partial charge < -0.3 is 9.84 Å². The second kappa shape index (κ2) is 5.02. The summed E-state index contributed by atoms with van der Waals surface area (Å²) >= 11 is 5.85. The molecule has 0 heterocycles. The number of aliphatic hydroxyl groups is 1. The van der Waals surface area contributed by atoms with E-state index in [1.54, 1.807) is 0 Å². The number of rotatable bonds is 2. The predicted octanol–water partition coefficient (Wildman–Crippen LogP) is 3.16. The van der Waals surface area contributed by atoms with E-state index in [4.69, 9.17) is 16.3 Å². The second-order valence-electron chi connectivity index (χ2n) is 4.08. The maximum Gasteiger partial charge on any atom is 0.138 e. The molecule has 4 heteroatoms. The van der Waals surface area contributed by atoms with Crippen LogP contribution in [0, 0.1) is 5.82 Å². The number of hydrogen-bond acceptors (Lipinski definition) is 2. The minimum atomic E-state index is -0.449. The lowest BCUT2D eigenvalue weighted by Crippen LogP contribution is -2.34. The molecule has 1 aliphatic rings. The Hall–Kier alpha value is -0.800. The average Bonchev–Trinajstić information content (AvgIpc) is 2.25. The van der Waals surface area contributed by atoms with Gasteiger partial charge in [0.05, 0.1) is 11.1 Å². The molecule has 1 aliphatic carbocycles. The lowest BCUT2D eigenvalue weighted by molar-refractivity contribution is 0.00690. The minimum Gasteiger partial charge on any atom is -0.486 e.